The first-order valence-electron chi connectivity index (χ1n) is 22.6. The number of carbonyl (C=O) groups is 2. The second kappa shape index (κ2) is 34.2. The van der Waals surface area contributed by atoms with Gasteiger partial charge in [0.15, 0.2) is 6.10 Å². The predicted octanol–water partition coefficient (Wildman–Crippen LogP) is 7.72. The number of phosphoric ester groups is 2. The van der Waals surface area contributed by atoms with Crippen LogP contribution in [0.5, 0.6) is 0 Å². The molecule has 16 nitrogen and oxygen atoms in total. The molecule has 0 aromatic carbocycles. The number of hydrogen-bond acceptors (Lipinski definition) is 13. The number of carbonyl (C=O) groups excluding carboxylic acids is 2. The summed E-state index contributed by atoms with van der Waals surface area (Å²) < 4.78 is 47.8. The summed E-state index contributed by atoms with van der Waals surface area (Å²) in [6, 6.07) is 0. The molecule has 8 atom stereocenters. The molecule has 0 heterocycles. The van der Waals surface area contributed by atoms with Gasteiger partial charge in [0, 0.05) is 25.2 Å². The highest BCUT2D eigenvalue weighted by molar-refractivity contribution is 7.47. The number of unbranched alkanes of at least 4 members (excludes halogenated alkanes) is 17. The van der Waals surface area contributed by atoms with Gasteiger partial charge in [0.2, 0.25) is 0 Å². The maximum absolute atomic E-state index is 12.7. The highest BCUT2D eigenvalue weighted by Gasteiger charge is 2.39. The monoisotopic (exact) mass is 902 g/mol. The van der Waals surface area contributed by atoms with Gasteiger partial charge >= 0.3 is 27.6 Å². The first-order valence-corrected chi connectivity index (χ1v) is 25.7. The Morgan fingerprint density at radius 3 is 1.72 bits per heavy atom. The van der Waals surface area contributed by atoms with Gasteiger partial charge in [-0.05, 0) is 31.6 Å². The number of phosphoric acid groups is 2. The first-order chi connectivity index (χ1) is 28.6. The zero-order chi connectivity index (χ0) is 44.7. The van der Waals surface area contributed by atoms with E-state index >= 15 is 0 Å². The van der Waals surface area contributed by atoms with E-state index in [1.54, 1.807) is 6.08 Å². The number of hydrogen-bond donors (Lipinski definition) is 7. The van der Waals surface area contributed by atoms with Crippen LogP contribution in [0.15, 0.2) is 12.2 Å². The van der Waals surface area contributed by atoms with Gasteiger partial charge < -0.3 is 44.6 Å². The fourth-order valence-electron chi connectivity index (χ4n) is 7.27. The molecule has 1 rings (SSSR count). The summed E-state index contributed by atoms with van der Waals surface area (Å²) in [5, 5.41) is 41.1. The fourth-order valence-corrected chi connectivity index (χ4v) is 8.42. The van der Waals surface area contributed by atoms with Crippen molar-refractivity contribution in [3.8, 4) is 0 Å². The zero-order valence-corrected chi connectivity index (χ0v) is 38.2. The average molecular weight is 903 g/mol. The van der Waals surface area contributed by atoms with E-state index in [1.807, 2.05) is 6.08 Å². The molecule has 0 radical (unpaired) electrons. The molecule has 1 unspecified atom stereocenters. The molecule has 0 amide bonds. The molecular weight excluding hydrogens is 822 g/mol. The molecule has 60 heavy (non-hydrogen) atoms. The Kier molecular flexibility index (Phi) is 32.3. The number of esters is 2. The predicted molar refractivity (Wildman–Crippen MR) is 227 cm³/mol. The van der Waals surface area contributed by atoms with E-state index in [2.05, 4.69) is 22.9 Å². The van der Waals surface area contributed by atoms with Gasteiger partial charge in [0.05, 0.1) is 38.1 Å². The Bertz CT molecular complexity index is 1230. The average Bonchev–Trinajstić information content (AvgIpc) is 3.46. The Morgan fingerprint density at radius 2 is 1.13 bits per heavy atom. The smallest absolute Gasteiger partial charge is 0.462 e. The molecule has 1 fully saturated rings. The molecule has 7 N–H and O–H groups in total. The Balaban J connectivity index is 2.52. The van der Waals surface area contributed by atoms with Gasteiger partial charge in [-0.25, -0.2) is 9.13 Å². The van der Waals surface area contributed by atoms with E-state index < -0.39 is 84.5 Å². The molecular formula is C42H80O16P2. The molecule has 0 saturated heterocycles. The lowest BCUT2D eigenvalue weighted by molar-refractivity contribution is -0.161. The van der Waals surface area contributed by atoms with Crippen LogP contribution >= 0.6 is 15.6 Å². The van der Waals surface area contributed by atoms with Crippen LogP contribution in [0.3, 0.4) is 0 Å². The van der Waals surface area contributed by atoms with Gasteiger partial charge in [0.25, 0.3) is 0 Å². The summed E-state index contributed by atoms with van der Waals surface area (Å²) in [5.74, 6) is -1.52. The van der Waals surface area contributed by atoms with Crippen molar-refractivity contribution in [2.75, 3.05) is 26.4 Å². The lowest BCUT2D eigenvalue weighted by atomic mass is 9.88. The van der Waals surface area contributed by atoms with Crippen molar-refractivity contribution >= 4 is 27.6 Å². The zero-order valence-electron chi connectivity index (χ0n) is 36.4. The van der Waals surface area contributed by atoms with E-state index in [-0.39, 0.29) is 24.7 Å². The third kappa shape index (κ3) is 30.7. The number of aliphatic hydroxyl groups is 4. The largest absolute Gasteiger partial charge is 0.472 e. The standard InChI is InChI=1S/C42H80O16P2/c1-3-5-7-8-9-10-11-12-13-14-15-16-22-26-42(48)58-36(33-57-60(52,53)56-31-35(44)30-55-59(49,50)51)32-54-41(47)25-21-18-17-20-24-37-38(40(46)29-39(37)45)28-27-34(43)23-19-6-4-2/h27-28,34-40,43-46H,3-26,29-33H2,1-2H3,(H,52,53)(H2,49,50,51)/b28-27+/t34-,35-,36+,37+,38+,39-,40+/m0/s1. The van der Waals surface area contributed by atoms with E-state index in [1.165, 1.54) is 51.4 Å². The Hall–Kier alpha value is -1.26. The second-order valence-electron chi connectivity index (χ2n) is 16.3. The normalized spacial score (nSPS) is 20.9. The number of aliphatic hydroxyl groups excluding tert-OH is 4. The highest BCUT2D eigenvalue weighted by atomic mass is 31.2. The summed E-state index contributed by atoms with van der Waals surface area (Å²) in [6.07, 6.45) is 21.3. The maximum atomic E-state index is 12.7. The van der Waals surface area contributed by atoms with E-state index in [0.29, 0.717) is 38.5 Å². The maximum Gasteiger partial charge on any atom is 0.472 e. The summed E-state index contributed by atoms with van der Waals surface area (Å²) in [4.78, 5) is 52.9. The molecule has 0 bridgehead atoms. The third-order valence-electron chi connectivity index (χ3n) is 10.7. The molecule has 1 aliphatic carbocycles. The minimum Gasteiger partial charge on any atom is -0.462 e. The number of rotatable bonds is 39. The van der Waals surface area contributed by atoms with Crippen molar-refractivity contribution in [2.24, 2.45) is 11.8 Å². The van der Waals surface area contributed by atoms with Crippen molar-refractivity contribution in [3.05, 3.63) is 12.2 Å². The van der Waals surface area contributed by atoms with E-state index in [0.717, 1.165) is 57.8 Å². The number of ether oxygens (including phenoxy) is 2. The Morgan fingerprint density at radius 1 is 0.633 bits per heavy atom. The van der Waals surface area contributed by atoms with Gasteiger partial charge in [-0.2, -0.15) is 0 Å². The summed E-state index contributed by atoms with van der Waals surface area (Å²) in [6.45, 7) is 1.44. The topological polar surface area (TPSA) is 256 Å². The molecule has 0 aromatic heterocycles. The van der Waals surface area contributed by atoms with Crippen LogP contribution in [0.1, 0.15) is 174 Å². The van der Waals surface area contributed by atoms with Crippen molar-refractivity contribution in [3.63, 3.8) is 0 Å². The van der Waals surface area contributed by atoms with Gasteiger partial charge in [0.1, 0.15) is 12.7 Å². The molecule has 18 heteroatoms. The minimum atomic E-state index is -4.89. The quantitative estimate of drug-likeness (QED) is 0.0135. The van der Waals surface area contributed by atoms with Crippen LogP contribution in [-0.4, -0.2) is 104 Å². The van der Waals surface area contributed by atoms with Gasteiger partial charge in [-0.15, -0.1) is 0 Å². The second-order valence-corrected chi connectivity index (χ2v) is 19.0. The summed E-state index contributed by atoms with van der Waals surface area (Å²) in [5.41, 5.74) is 0. The van der Waals surface area contributed by atoms with Crippen molar-refractivity contribution in [1.82, 2.24) is 0 Å². The van der Waals surface area contributed by atoms with Crippen molar-refractivity contribution < 1.29 is 76.9 Å². The lowest BCUT2D eigenvalue weighted by Gasteiger charge is -2.21. The van der Waals surface area contributed by atoms with Gasteiger partial charge in [-0.1, -0.05) is 142 Å². The lowest BCUT2D eigenvalue weighted by Crippen LogP contribution is -2.30. The van der Waals surface area contributed by atoms with Crippen LogP contribution < -0.4 is 0 Å². The SMILES string of the molecule is CCCCCCCCCCCCCCCC(=O)O[C@H](COC(=O)CCCCCC[C@@H]1[C@@H](/C=C/[C@@H](O)CCCCC)[C@H](O)C[C@@H]1O)COP(=O)(O)OC[C@@H](O)COP(=O)(O)O. The van der Waals surface area contributed by atoms with Gasteiger partial charge in [-0.3, -0.25) is 23.2 Å². The van der Waals surface area contributed by atoms with Crippen LogP contribution in [0.25, 0.3) is 0 Å². The van der Waals surface area contributed by atoms with Crippen molar-refractivity contribution in [1.29, 1.82) is 0 Å². The molecule has 354 valence electrons. The fraction of sp³-hybridized carbons (Fsp3) is 0.905. The minimum absolute atomic E-state index is 0.0721. The van der Waals surface area contributed by atoms with E-state index in [4.69, 9.17) is 23.8 Å². The van der Waals surface area contributed by atoms with Crippen LogP contribution in [0, 0.1) is 11.8 Å². The van der Waals surface area contributed by atoms with E-state index in [9.17, 15) is 44.0 Å². The molecule has 0 aromatic rings. The highest BCUT2D eigenvalue weighted by Crippen LogP contribution is 2.44. The summed E-state index contributed by atoms with van der Waals surface area (Å²) >= 11 is 0. The molecule has 0 spiro atoms. The van der Waals surface area contributed by atoms with Crippen molar-refractivity contribution in [2.45, 2.75) is 205 Å². The summed E-state index contributed by atoms with van der Waals surface area (Å²) in [7, 11) is -9.74. The van der Waals surface area contributed by atoms with Crippen LogP contribution in [0.2, 0.25) is 0 Å². The molecule has 1 saturated carbocycles. The van der Waals surface area contributed by atoms with Crippen LogP contribution in [0.4, 0.5) is 0 Å². The van der Waals surface area contributed by atoms with Crippen LogP contribution in [-0.2, 0) is 41.8 Å². The first kappa shape index (κ1) is 56.8. The Labute approximate surface area is 359 Å². The molecule has 1 aliphatic rings. The molecule has 0 aliphatic heterocycles. The third-order valence-corrected chi connectivity index (χ3v) is 12.2.